The Kier molecular flexibility index (Phi) is 4.16. The van der Waals surface area contributed by atoms with Gasteiger partial charge < -0.3 is 0 Å². The minimum absolute atomic E-state index is 0.793. The van der Waals surface area contributed by atoms with Crippen LogP contribution in [0.25, 0.3) is 0 Å². The summed E-state index contributed by atoms with van der Waals surface area (Å²) < 4.78 is 1.14. The third kappa shape index (κ3) is 3.35. The van der Waals surface area contributed by atoms with E-state index in [1.165, 1.54) is 11.1 Å². The second-order valence-electron chi connectivity index (χ2n) is 4.21. The van der Waals surface area contributed by atoms with Crippen LogP contribution in [0.5, 0.6) is 0 Å². The van der Waals surface area contributed by atoms with E-state index < -0.39 is 0 Å². The molecule has 0 unspecified atom stereocenters. The summed E-state index contributed by atoms with van der Waals surface area (Å²) in [5.41, 5.74) is 3.66. The van der Waals surface area contributed by atoms with Crippen molar-refractivity contribution in [1.29, 1.82) is 0 Å². The van der Waals surface area contributed by atoms with Crippen molar-refractivity contribution in [2.75, 3.05) is 0 Å². The lowest BCUT2D eigenvalue weighted by atomic mass is 10.2. The molecule has 2 aromatic carbocycles. The van der Waals surface area contributed by atoms with Crippen LogP contribution < -0.4 is 0 Å². The summed E-state index contributed by atoms with van der Waals surface area (Å²) in [6.45, 7) is 0. The number of benzene rings is 2. The van der Waals surface area contributed by atoms with Crippen molar-refractivity contribution in [2.45, 2.75) is 11.5 Å². The molecule has 1 aliphatic heterocycles. The minimum atomic E-state index is 0.793. The summed E-state index contributed by atoms with van der Waals surface area (Å²) in [4.78, 5) is 4.69. The van der Waals surface area contributed by atoms with Crippen molar-refractivity contribution in [3.8, 4) is 0 Å². The monoisotopic (exact) mass is 305 g/mol. The molecule has 0 aliphatic carbocycles. The number of hydrogen-bond donors (Lipinski definition) is 0. The Morgan fingerprint density at radius 3 is 2.95 bits per heavy atom. The van der Waals surface area contributed by atoms with Crippen LogP contribution in [-0.4, -0.2) is 4.38 Å². The van der Waals surface area contributed by atoms with Crippen LogP contribution in [0.15, 0.2) is 53.5 Å². The predicted octanol–water partition coefficient (Wildman–Crippen LogP) is 5.51. The first-order valence-electron chi connectivity index (χ1n) is 5.98. The van der Waals surface area contributed by atoms with Gasteiger partial charge in [-0.05, 0) is 29.3 Å². The van der Waals surface area contributed by atoms with Gasteiger partial charge in [0.15, 0.2) is 0 Å². The lowest BCUT2D eigenvalue weighted by Crippen LogP contribution is -1.96. The Morgan fingerprint density at radius 2 is 2.05 bits per heavy atom. The Bertz CT molecular complexity index is 625. The van der Waals surface area contributed by atoms with Gasteiger partial charge in [0.25, 0.3) is 0 Å². The number of fused-ring (bicyclic) bond motifs is 1. The largest absolute Gasteiger partial charge is 0.235 e. The van der Waals surface area contributed by atoms with Gasteiger partial charge in [-0.1, -0.05) is 65.5 Å². The van der Waals surface area contributed by atoms with Crippen molar-refractivity contribution in [2.24, 2.45) is 4.99 Å². The third-order valence-electron chi connectivity index (χ3n) is 2.81. The minimum Gasteiger partial charge on any atom is -0.235 e. The van der Waals surface area contributed by atoms with Gasteiger partial charge in [0.05, 0.1) is 5.69 Å². The van der Waals surface area contributed by atoms with Gasteiger partial charge in [0.1, 0.15) is 4.38 Å². The third-order valence-corrected chi connectivity index (χ3v) is 5.36. The molecule has 3 rings (SSSR count). The maximum absolute atomic E-state index is 5.99. The Balaban J connectivity index is 1.70. The van der Waals surface area contributed by atoms with Gasteiger partial charge in [0.2, 0.25) is 0 Å². The summed E-state index contributed by atoms with van der Waals surface area (Å²) in [5.74, 6) is 1.92. The summed E-state index contributed by atoms with van der Waals surface area (Å²) in [6, 6.07) is 16.3. The van der Waals surface area contributed by atoms with Crippen LogP contribution in [0.1, 0.15) is 11.1 Å². The van der Waals surface area contributed by atoms with Crippen LogP contribution in [-0.2, 0) is 11.5 Å². The lowest BCUT2D eigenvalue weighted by molar-refractivity contribution is 1.36. The fourth-order valence-electron chi connectivity index (χ4n) is 1.86. The summed E-state index contributed by atoms with van der Waals surface area (Å²) in [7, 11) is 0. The van der Waals surface area contributed by atoms with Crippen LogP contribution in [0.3, 0.4) is 0 Å². The molecule has 0 bridgehead atoms. The average molecular weight is 306 g/mol. The molecular formula is C15H12ClNS2. The van der Waals surface area contributed by atoms with E-state index in [2.05, 4.69) is 24.3 Å². The fraction of sp³-hybridized carbons (Fsp3) is 0.133. The first-order valence-corrected chi connectivity index (χ1v) is 8.33. The van der Waals surface area contributed by atoms with Gasteiger partial charge >= 0.3 is 0 Å². The van der Waals surface area contributed by atoms with Crippen LogP contribution in [0.2, 0.25) is 5.02 Å². The topological polar surface area (TPSA) is 12.4 Å². The maximum Gasteiger partial charge on any atom is 0.131 e. The number of para-hydroxylation sites is 1. The number of nitrogens with zero attached hydrogens (tertiary/aromatic N) is 1. The van der Waals surface area contributed by atoms with Crippen molar-refractivity contribution in [3.05, 3.63) is 64.7 Å². The van der Waals surface area contributed by atoms with Gasteiger partial charge in [-0.15, -0.1) is 0 Å². The van der Waals surface area contributed by atoms with E-state index >= 15 is 0 Å². The summed E-state index contributed by atoms with van der Waals surface area (Å²) >= 11 is 9.57. The van der Waals surface area contributed by atoms with E-state index in [1.807, 2.05) is 36.0 Å². The lowest BCUT2D eigenvalue weighted by Gasteiger charge is -2.14. The van der Waals surface area contributed by atoms with E-state index in [4.69, 9.17) is 16.6 Å². The second-order valence-corrected chi connectivity index (χ2v) is 6.84. The highest BCUT2D eigenvalue weighted by molar-refractivity contribution is 8.38. The molecule has 0 atom stereocenters. The maximum atomic E-state index is 5.99. The van der Waals surface area contributed by atoms with Crippen molar-refractivity contribution in [1.82, 2.24) is 0 Å². The van der Waals surface area contributed by atoms with Gasteiger partial charge in [-0.3, -0.25) is 0 Å². The quantitative estimate of drug-likeness (QED) is 0.725. The van der Waals surface area contributed by atoms with Crippen LogP contribution in [0, 0.1) is 0 Å². The first kappa shape index (κ1) is 13.1. The normalized spacial score (nSPS) is 13.8. The molecule has 19 heavy (non-hydrogen) atoms. The molecule has 0 saturated heterocycles. The first-order chi connectivity index (χ1) is 9.31. The summed E-state index contributed by atoms with van der Waals surface area (Å²) in [5, 5.41) is 0.793. The second kappa shape index (κ2) is 6.04. The molecule has 96 valence electrons. The van der Waals surface area contributed by atoms with Crippen molar-refractivity contribution < 1.29 is 0 Å². The molecule has 1 aliphatic rings. The van der Waals surface area contributed by atoms with Crippen molar-refractivity contribution >= 4 is 45.2 Å². The van der Waals surface area contributed by atoms with Crippen molar-refractivity contribution in [3.63, 3.8) is 0 Å². The van der Waals surface area contributed by atoms with Crippen LogP contribution >= 0.6 is 35.1 Å². The van der Waals surface area contributed by atoms with Gasteiger partial charge in [-0.25, -0.2) is 4.99 Å². The molecule has 1 heterocycles. The Morgan fingerprint density at radius 1 is 1.16 bits per heavy atom. The molecule has 0 saturated carbocycles. The zero-order chi connectivity index (χ0) is 13.1. The zero-order valence-electron chi connectivity index (χ0n) is 10.2. The zero-order valence-corrected chi connectivity index (χ0v) is 12.6. The van der Waals surface area contributed by atoms with Gasteiger partial charge in [-0.2, -0.15) is 0 Å². The molecule has 1 nitrogen and oxygen atoms in total. The standard InChI is InChI=1S/C15H12ClNS2/c16-13-6-3-4-11(8-13)9-18-15-17-14-7-2-1-5-12(14)10-19-15/h1-8H,9-10H2. The number of aliphatic imine (C=N–C) groups is 1. The Hall–Kier alpha value is -0.900. The highest BCUT2D eigenvalue weighted by Gasteiger charge is 2.12. The molecule has 2 aromatic rings. The number of hydrogen-bond acceptors (Lipinski definition) is 3. The molecule has 0 fully saturated rings. The highest BCUT2D eigenvalue weighted by Crippen LogP contribution is 2.35. The number of halogens is 1. The van der Waals surface area contributed by atoms with E-state index in [9.17, 15) is 0 Å². The molecule has 0 spiro atoms. The fourth-order valence-corrected chi connectivity index (χ4v) is 4.08. The smallest absolute Gasteiger partial charge is 0.131 e. The van der Waals surface area contributed by atoms with Crippen LogP contribution in [0.4, 0.5) is 5.69 Å². The molecule has 4 heteroatoms. The molecule has 0 N–H and O–H groups in total. The molecule has 0 radical (unpaired) electrons. The highest BCUT2D eigenvalue weighted by atomic mass is 35.5. The number of rotatable bonds is 2. The van der Waals surface area contributed by atoms with E-state index in [1.54, 1.807) is 11.8 Å². The SMILES string of the molecule is Clc1cccc(CSC2=Nc3ccccc3CS2)c1. The molecule has 0 aromatic heterocycles. The van der Waals surface area contributed by atoms with E-state index in [0.29, 0.717) is 0 Å². The Labute approximate surface area is 126 Å². The summed E-state index contributed by atoms with van der Waals surface area (Å²) in [6.07, 6.45) is 0. The van der Waals surface area contributed by atoms with E-state index in [0.717, 1.165) is 26.6 Å². The molecular weight excluding hydrogens is 294 g/mol. The average Bonchev–Trinajstić information content (AvgIpc) is 2.45. The van der Waals surface area contributed by atoms with Gasteiger partial charge in [0, 0.05) is 16.5 Å². The van der Waals surface area contributed by atoms with E-state index in [-0.39, 0.29) is 0 Å². The molecule has 0 amide bonds. The predicted molar refractivity (Wildman–Crippen MR) is 87.6 cm³/mol. The number of thioether (sulfide) groups is 2.